The second-order valence-electron chi connectivity index (χ2n) is 8.94. The number of hydrogen-bond acceptors (Lipinski definition) is 4. The molecule has 3 heterocycles. The molecule has 7 nitrogen and oxygen atoms in total. The van der Waals surface area contributed by atoms with Gasteiger partial charge in [0.15, 0.2) is 0 Å². The van der Waals surface area contributed by atoms with Crippen molar-refractivity contribution in [2.45, 2.75) is 38.1 Å². The molecule has 36 heavy (non-hydrogen) atoms. The zero-order valence-electron chi connectivity index (χ0n) is 19.8. The molecule has 1 aliphatic heterocycles. The van der Waals surface area contributed by atoms with E-state index in [0.717, 1.165) is 53.9 Å². The zero-order valence-corrected chi connectivity index (χ0v) is 19.8. The van der Waals surface area contributed by atoms with Gasteiger partial charge in [0.25, 0.3) is 0 Å². The Morgan fingerprint density at radius 1 is 1.14 bits per heavy atom. The van der Waals surface area contributed by atoms with Crippen molar-refractivity contribution in [2.75, 3.05) is 13.2 Å². The number of para-hydroxylation sites is 2. The van der Waals surface area contributed by atoms with Crippen molar-refractivity contribution in [2.24, 2.45) is 7.05 Å². The number of carbonyl (C=O) groups is 1. The molecule has 10 heteroatoms. The van der Waals surface area contributed by atoms with Gasteiger partial charge in [-0.15, -0.1) is 0 Å². The quantitative estimate of drug-likeness (QED) is 0.395. The second kappa shape index (κ2) is 9.77. The lowest BCUT2D eigenvalue weighted by molar-refractivity contribution is -0.140. The summed E-state index contributed by atoms with van der Waals surface area (Å²) in [7, 11) is 1.91. The minimum Gasteiger partial charge on any atom is -0.364 e. The van der Waals surface area contributed by atoms with Gasteiger partial charge in [-0.25, -0.2) is 4.98 Å². The molecule has 1 unspecified atom stereocenters. The van der Waals surface area contributed by atoms with Crippen LogP contribution in [-0.4, -0.2) is 43.7 Å². The summed E-state index contributed by atoms with van der Waals surface area (Å²) in [4.78, 5) is 19.5. The summed E-state index contributed by atoms with van der Waals surface area (Å²) >= 11 is 0. The number of benzene rings is 2. The van der Waals surface area contributed by atoms with Crippen molar-refractivity contribution in [3.8, 4) is 11.1 Å². The van der Waals surface area contributed by atoms with Crippen molar-refractivity contribution < 1.29 is 22.7 Å². The van der Waals surface area contributed by atoms with Crippen LogP contribution in [0.15, 0.2) is 54.7 Å². The third-order valence-corrected chi connectivity index (χ3v) is 6.68. The minimum absolute atomic E-state index is 0.0938. The summed E-state index contributed by atoms with van der Waals surface area (Å²) in [6.07, 6.45) is -0.271. The molecule has 0 bridgehead atoms. The number of nitrogens with one attached hydrogen (secondary N) is 1. The predicted molar refractivity (Wildman–Crippen MR) is 128 cm³/mol. The number of amides is 1. The Kier molecular flexibility index (Phi) is 6.53. The average molecular weight is 498 g/mol. The van der Waals surface area contributed by atoms with E-state index in [9.17, 15) is 18.0 Å². The number of nitrogens with zero attached hydrogens (tertiary/aromatic N) is 4. The summed E-state index contributed by atoms with van der Waals surface area (Å²) in [5.41, 5.74) is 3.18. The van der Waals surface area contributed by atoms with E-state index in [0.29, 0.717) is 17.7 Å². The van der Waals surface area contributed by atoms with Gasteiger partial charge in [0.1, 0.15) is 19.0 Å². The number of likely N-dealkylation sites (tertiary alicyclic amines) is 1. The van der Waals surface area contributed by atoms with Gasteiger partial charge < -0.3 is 14.2 Å². The number of aryl methyl sites for hydroxylation is 1. The Morgan fingerprint density at radius 3 is 2.67 bits per heavy atom. The van der Waals surface area contributed by atoms with E-state index in [-0.39, 0.29) is 25.2 Å². The first-order chi connectivity index (χ1) is 17.3. The SMILES string of the molecule is Cn1c(COCC(=O)N2CCCCC2c2[nH]ncc2-c2ccc(C(F)(F)F)cc2)nc2ccccc21. The van der Waals surface area contributed by atoms with Crippen molar-refractivity contribution in [1.82, 2.24) is 24.6 Å². The maximum atomic E-state index is 13.2. The number of imidazole rings is 1. The number of alkyl halides is 3. The highest BCUT2D eigenvalue weighted by molar-refractivity contribution is 5.79. The molecule has 0 saturated carbocycles. The van der Waals surface area contributed by atoms with E-state index in [1.165, 1.54) is 12.1 Å². The molecule has 1 fully saturated rings. The molecule has 1 saturated heterocycles. The fourth-order valence-corrected chi connectivity index (χ4v) is 4.79. The van der Waals surface area contributed by atoms with Crippen LogP contribution in [0.25, 0.3) is 22.2 Å². The Bertz CT molecular complexity index is 1360. The number of piperidine rings is 1. The number of H-pyrrole nitrogens is 1. The Balaban J connectivity index is 1.29. The number of hydrogen-bond donors (Lipinski definition) is 1. The fourth-order valence-electron chi connectivity index (χ4n) is 4.79. The number of rotatable bonds is 6. The van der Waals surface area contributed by atoms with Crippen LogP contribution in [0, 0.1) is 0 Å². The molecule has 1 amide bonds. The Morgan fingerprint density at radius 2 is 1.92 bits per heavy atom. The van der Waals surface area contributed by atoms with Crippen LogP contribution in [0.4, 0.5) is 13.2 Å². The molecule has 2 aromatic carbocycles. The van der Waals surface area contributed by atoms with Crippen molar-refractivity contribution in [3.63, 3.8) is 0 Å². The molecule has 0 radical (unpaired) electrons. The highest BCUT2D eigenvalue weighted by atomic mass is 19.4. The molecule has 1 atom stereocenters. The molecule has 0 aliphatic carbocycles. The van der Waals surface area contributed by atoms with Crippen LogP contribution in [0.5, 0.6) is 0 Å². The van der Waals surface area contributed by atoms with Gasteiger partial charge in [-0.05, 0) is 49.1 Å². The van der Waals surface area contributed by atoms with Crippen LogP contribution in [0.2, 0.25) is 0 Å². The smallest absolute Gasteiger partial charge is 0.364 e. The first-order valence-corrected chi connectivity index (χ1v) is 11.8. The van der Waals surface area contributed by atoms with Gasteiger partial charge in [0.2, 0.25) is 5.91 Å². The summed E-state index contributed by atoms with van der Waals surface area (Å²) in [6, 6.07) is 12.5. The van der Waals surface area contributed by atoms with Crippen molar-refractivity contribution >= 4 is 16.9 Å². The predicted octanol–water partition coefficient (Wildman–Crippen LogP) is 5.25. The van der Waals surface area contributed by atoms with Gasteiger partial charge >= 0.3 is 6.18 Å². The molecule has 1 N–H and O–H groups in total. The normalized spacial score (nSPS) is 16.6. The Hall–Kier alpha value is -3.66. The van der Waals surface area contributed by atoms with Crippen LogP contribution >= 0.6 is 0 Å². The van der Waals surface area contributed by atoms with Crippen molar-refractivity contribution in [1.29, 1.82) is 0 Å². The zero-order chi connectivity index (χ0) is 25.3. The standard InChI is InChI=1S/C26H26F3N5O2/c1-33-21-7-3-2-6-20(21)31-23(33)15-36-16-24(35)34-13-5-4-8-22(34)25-19(14-30-32-25)17-9-11-18(12-10-17)26(27,28)29/h2-3,6-7,9-12,14,22H,4-5,8,13,15-16H2,1H3,(H,30,32). The number of fused-ring (bicyclic) bond motifs is 1. The third kappa shape index (κ3) is 4.73. The Labute approximate surface area is 205 Å². The highest BCUT2D eigenvalue weighted by Crippen LogP contribution is 2.37. The third-order valence-electron chi connectivity index (χ3n) is 6.68. The molecule has 0 spiro atoms. The molecule has 2 aromatic heterocycles. The van der Waals surface area contributed by atoms with Gasteiger partial charge in [-0.2, -0.15) is 18.3 Å². The van der Waals surface area contributed by atoms with Crippen LogP contribution in [-0.2, 0) is 29.4 Å². The summed E-state index contributed by atoms with van der Waals surface area (Å²) in [6.45, 7) is 0.685. The lowest BCUT2D eigenvalue weighted by Crippen LogP contribution is -2.40. The van der Waals surface area contributed by atoms with Gasteiger partial charge in [-0.3, -0.25) is 9.89 Å². The number of aromatic amines is 1. The minimum atomic E-state index is -4.40. The van der Waals surface area contributed by atoms with Crippen LogP contribution in [0.3, 0.4) is 0 Å². The van der Waals surface area contributed by atoms with E-state index >= 15 is 0 Å². The number of ether oxygens (including phenoxy) is 1. The second-order valence-corrected chi connectivity index (χ2v) is 8.94. The molecular formula is C26H26F3N5O2. The van der Waals surface area contributed by atoms with Gasteiger partial charge in [0, 0.05) is 19.2 Å². The summed E-state index contributed by atoms with van der Waals surface area (Å²) in [5.74, 6) is 0.587. The first kappa shape index (κ1) is 24.1. The lowest BCUT2D eigenvalue weighted by atomic mass is 9.94. The van der Waals surface area contributed by atoms with Gasteiger partial charge in [0.05, 0.1) is 34.5 Å². The van der Waals surface area contributed by atoms with E-state index in [1.807, 2.05) is 35.9 Å². The highest BCUT2D eigenvalue weighted by Gasteiger charge is 2.32. The van der Waals surface area contributed by atoms with Crippen molar-refractivity contribution in [3.05, 3.63) is 71.8 Å². The number of aromatic nitrogens is 4. The van der Waals surface area contributed by atoms with Gasteiger partial charge in [-0.1, -0.05) is 24.3 Å². The largest absolute Gasteiger partial charge is 0.416 e. The molecular weight excluding hydrogens is 471 g/mol. The number of halogens is 3. The average Bonchev–Trinajstić information content (AvgIpc) is 3.49. The maximum Gasteiger partial charge on any atom is 0.416 e. The molecule has 5 rings (SSSR count). The number of carbonyl (C=O) groups excluding carboxylic acids is 1. The topological polar surface area (TPSA) is 76.0 Å². The van der Waals surface area contributed by atoms with E-state index in [1.54, 1.807) is 11.1 Å². The monoisotopic (exact) mass is 497 g/mol. The molecule has 1 aliphatic rings. The lowest BCUT2D eigenvalue weighted by Gasteiger charge is -2.35. The van der Waals surface area contributed by atoms with E-state index in [4.69, 9.17) is 4.74 Å². The summed E-state index contributed by atoms with van der Waals surface area (Å²) in [5, 5.41) is 7.13. The van der Waals surface area contributed by atoms with E-state index in [2.05, 4.69) is 15.2 Å². The van der Waals surface area contributed by atoms with Crippen LogP contribution < -0.4 is 0 Å². The molecule has 188 valence electrons. The maximum absolute atomic E-state index is 13.2. The molecule has 4 aromatic rings. The summed E-state index contributed by atoms with van der Waals surface area (Å²) < 4.78 is 46.6. The van der Waals surface area contributed by atoms with Crippen LogP contribution in [0.1, 0.15) is 42.4 Å². The fraction of sp³-hybridized carbons (Fsp3) is 0.346. The first-order valence-electron chi connectivity index (χ1n) is 11.8. The van der Waals surface area contributed by atoms with E-state index < -0.39 is 11.7 Å².